The SMILES string of the molecule is COc1cc(C)c(NC(=O)C[P+]2(C)CCCC2)c(C)c1. The first kappa shape index (κ1) is 15.3. The summed E-state index contributed by atoms with van der Waals surface area (Å²) in [6.07, 6.45) is 5.90. The van der Waals surface area contributed by atoms with Crippen molar-refractivity contribution in [2.75, 3.05) is 37.6 Å². The fourth-order valence-electron chi connectivity index (χ4n) is 3.02. The Balaban J connectivity index is 2.08. The van der Waals surface area contributed by atoms with Crippen LogP contribution in [-0.2, 0) is 4.79 Å². The van der Waals surface area contributed by atoms with Gasteiger partial charge in [0.1, 0.15) is 11.9 Å². The smallest absolute Gasteiger partial charge is 0.261 e. The van der Waals surface area contributed by atoms with E-state index in [-0.39, 0.29) is 5.91 Å². The lowest BCUT2D eigenvalue weighted by Crippen LogP contribution is -2.20. The second kappa shape index (κ2) is 6.13. The average molecular weight is 294 g/mol. The van der Waals surface area contributed by atoms with Gasteiger partial charge in [0.2, 0.25) is 0 Å². The first-order valence-electron chi connectivity index (χ1n) is 7.22. The lowest BCUT2D eigenvalue weighted by atomic mass is 10.1. The average Bonchev–Trinajstić information content (AvgIpc) is 2.79. The molecule has 1 aliphatic heterocycles. The van der Waals surface area contributed by atoms with Crippen molar-refractivity contribution in [2.45, 2.75) is 26.7 Å². The number of nitrogens with one attached hydrogen (secondary N) is 1. The molecule has 1 N–H and O–H groups in total. The van der Waals surface area contributed by atoms with E-state index in [9.17, 15) is 4.79 Å². The molecule has 3 nitrogen and oxygen atoms in total. The number of ether oxygens (including phenoxy) is 1. The van der Waals surface area contributed by atoms with Crippen molar-refractivity contribution in [1.29, 1.82) is 0 Å². The van der Waals surface area contributed by atoms with Gasteiger partial charge < -0.3 is 10.1 Å². The second-order valence-electron chi connectivity index (χ2n) is 6.12. The number of hydrogen-bond acceptors (Lipinski definition) is 2. The quantitative estimate of drug-likeness (QED) is 0.860. The van der Waals surface area contributed by atoms with Crippen molar-refractivity contribution in [2.24, 2.45) is 0 Å². The lowest BCUT2D eigenvalue weighted by Gasteiger charge is -2.18. The first-order chi connectivity index (χ1) is 9.43. The number of benzene rings is 1. The predicted molar refractivity (Wildman–Crippen MR) is 87.8 cm³/mol. The maximum absolute atomic E-state index is 12.3. The van der Waals surface area contributed by atoms with Gasteiger partial charge in [0.25, 0.3) is 5.91 Å². The van der Waals surface area contributed by atoms with Gasteiger partial charge in [-0.05, 0) is 49.9 Å². The van der Waals surface area contributed by atoms with Crippen LogP contribution in [-0.4, -0.2) is 38.2 Å². The second-order valence-corrected chi connectivity index (χ2v) is 10.6. The minimum atomic E-state index is -0.995. The Labute approximate surface area is 122 Å². The number of methoxy groups -OCH3 is 1. The highest BCUT2D eigenvalue weighted by Crippen LogP contribution is 2.60. The maximum Gasteiger partial charge on any atom is 0.261 e. The van der Waals surface area contributed by atoms with Crippen molar-refractivity contribution in [3.63, 3.8) is 0 Å². The molecule has 1 amide bonds. The van der Waals surface area contributed by atoms with Crippen LogP contribution < -0.4 is 10.1 Å². The van der Waals surface area contributed by atoms with Crippen molar-refractivity contribution < 1.29 is 9.53 Å². The first-order valence-corrected chi connectivity index (χ1v) is 10.0. The van der Waals surface area contributed by atoms with E-state index < -0.39 is 7.26 Å². The summed E-state index contributed by atoms with van der Waals surface area (Å²) in [5, 5.41) is 3.12. The van der Waals surface area contributed by atoms with Crippen LogP contribution in [0.2, 0.25) is 0 Å². The van der Waals surface area contributed by atoms with Crippen LogP contribution in [0.25, 0.3) is 0 Å². The van der Waals surface area contributed by atoms with Gasteiger partial charge in [-0.2, -0.15) is 0 Å². The molecule has 0 spiro atoms. The number of rotatable bonds is 4. The largest absolute Gasteiger partial charge is 0.497 e. The fraction of sp³-hybridized carbons (Fsp3) is 0.562. The van der Waals surface area contributed by atoms with Crippen molar-refractivity contribution in [1.82, 2.24) is 0 Å². The molecular formula is C16H25NO2P+. The molecule has 20 heavy (non-hydrogen) atoms. The van der Waals surface area contributed by atoms with Crippen LogP contribution >= 0.6 is 7.26 Å². The Morgan fingerprint density at radius 3 is 2.30 bits per heavy atom. The summed E-state index contributed by atoms with van der Waals surface area (Å²) in [5.74, 6) is 1.02. The van der Waals surface area contributed by atoms with E-state index in [1.807, 2.05) is 26.0 Å². The van der Waals surface area contributed by atoms with Crippen LogP contribution in [0.15, 0.2) is 12.1 Å². The molecule has 1 aromatic carbocycles. The zero-order chi connectivity index (χ0) is 14.8. The molecule has 0 radical (unpaired) electrons. The van der Waals surface area contributed by atoms with E-state index in [4.69, 9.17) is 4.74 Å². The monoisotopic (exact) mass is 294 g/mol. The Morgan fingerprint density at radius 2 is 1.80 bits per heavy atom. The van der Waals surface area contributed by atoms with E-state index in [0.717, 1.165) is 28.7 Å². The summed E-state index contributed by atoms with van der Waals surface area (Å²) >= 11 is 0. The van der Waals surface area contributed by atoms with Gasteiger partial charge in [-0.3, -0.25) is 4.79 Å². The standard InChI is InChI=1S/C16H24NO2P/c1-12-9-14(19-3)10-13(2)16(12)17-15(18)11-20(4)7-5-6-8-20/h9-10H,5-8,11H2,1-4H3/p+1. The van der Waals surface area contributed by atoms with Gasteiger partial charge in [-0.15, -0.1) is 0 Å². The third-order valence-corrected chi connectivity index (χ3v) is 8.02. The third-order valence-electron chi connectivity index (χ3n) is 4.18. The van der Waals surface area contributed by atoms with E-state index in [0.29, 0.717) is 0 Å². The van der Waals surface area contributed by atoms with Crippen molar-refractivity contribution in [3.05, 3.63) is 23.3 Å². The lowest BCUT2D eigenvalue weighted by molar-refractivity contribution is -0.113. The number of hydrogen-bond donors (Lipinski definition) is 1. The minimum absolute atomic E-state index is 0.180. The van der Waals surface area contributed by atoms with Crippen molar-refractivity contribution >= 4 is 18.9 Å². The van der Waals surface area contributed by atoms with Gasteiger partial charge in [0.15, 0.2) is 0 Å². The van der Waals surface area contributed by atoms with Crippen LogP contribution in [0.1, 0.15) is 24.0 Å². The zero-order valence-electron chi connectivity index (χ0n) is 13.0. The zero-order valence-corrected chi connectivity index (χ0v) is 13.8. The van der Waals surface area contributed by atoms with Crippen molar-refractivity contribution in [3.8, 4) is 5.75 Å². The summed E-state index contributed by atoms with van der Waals surface area (Å²) in [6.45, 7) is 6.36. The summed E-state index contributed by atoms with van der Waals surface area (Å²) in [7, 11) is 0.669. The molecule has 1 aliphatic rings. The molecule has 0 aliphatic carbocycles. The summed E-state index contributed by atoms with van der Waals surface area (Å²) in [4.78, 5) is 12.3. The molecular weight excluding hydrogens is 269 g/mol. The Kier molecular flexibility index (Phi) is 4.70. The normalized spacial score (nSPS) is 17.0. The number of anilines is 1. The highest BCUT2D eigenvalue weighted by Gasteiger charge is 2.38. The predicted octanol–water partition coefficient (Wildman–Crippen LogP) is 3.69. The molecule has 0 unspecified atom stereocenters. The fourth-order valence-corrected chi connectivity index (χ4v) is 6.31. The number of carbonyl (C=O) groups is 1. The molecule has 1 saturated heterocycles. The Bertz CT molecular complexity index is 484. The minimum Gasteiger partial charge on any atom is -0.497 e. The van der Waals surface area contributed by atoms with Gasteiger partial charge >= 0.3 is 0 Å². The molecule has 4 heteroatoms. The maximum atomic E-state index is 12.3. The molecule has 1 fully saturated rings. The highest BCUT2D eigenvalue weighted by molar-refractivity contribution is 7.76. The van der Waals surface area contributed by atoms with Crippen LogP contribution in [0.3, 0.4) is 0 Å². The van der Waals surface area contributed by atoms with Crippen LogP contribution in [0.5, 0.6) is 5.75 Å². The molecule has 110 valence electrons. The molecule has 0 atom stereocenters. The number of carbonyl (C=O) groups excluding carboxylic acids is 1. The number of amides is 1. The third kappa shape index (κ3) is 3.52. The van der Waals surface area contributed by atoms with Gasteiger partial charge in [-0.1, -0.05) is 0 Å². The van der Waals surface area contributed by atoms with E-state index in [2.05, 4.69) is 12.0 Å². The summed E-state index contributed by atoms with van der Waals surface area (Å²) < 4.78 is 5.25. The van der Waals surface area contributed by atoms with Crippen LogP contribution in [0.4, 0.5) is 5.69 Å². The number of aryl methyl sites for hydroxylation is 2. The Hall–Kier alpha value is -1.08. The molecule has 0 bridgehead atoms. The van der Waals surface area contributed by atoms with Gasteiger partial charge in [0, 0.05) is 19.6 Å². The van der Waals surface area contributed by atoms with E-state index >= 15 is 0 Å². The highest BCUT2D eigenvalue weighted by atomic mass is 31.2. The Morgan fingerprint density at radius 1 is 1.25 bits per heavy atom. The molecule has 2 rings (SSSR count). The summed E-state index contributed by atoms with van der Waals surface area (Å²) in [6, 6.07) is 3.93. The molecule has 1 aromatic rings. The summed E-state index contributed by atoms with van der Waals surface area (Å²) in [5.41, 5.74) is 3.07. The molecule has 0 saturated carbocycles. The van der Waals surface area contributed by atoms with Gasteiger partial charge in [-0.25, -0.2) is 0 Å². The topological polar surface area (TPSA) is 38.3 Å². The van der Waals surface area contributed by atoms with Crippen LogP contribution in [0, 0.1) is 13.8 Å². The van der Waals surface area contributed by atoms with E-state index in [1.165, 1.54) is 25.2 Å². The molecule has 1 heterocycles. The van der Waals surface area contributed by atoms with E-state index in [1.54, 1.807) is 7.11 Å². The molecule has 0 aromatic heterocycles. The van der Waals surface area contributed by atoms with Gasteiger partial charge in [0.05, 0.1) is 19.4 Å².